The molecule has 0 aliphatic carbocycles. The van der Waals surface area contributed by atoms with Crippen molar-refractivity contribution in [1.82, 2.24) is 35.1 Å². The van der Waals surface area contributed by atoms with Gasteiger partial charge in [0.25, 0.3) is 0 Å². The molecule has 0 spiro atoms. The van der Waals surface area contributed by atoms with E-state index in [2.05, 4.69) is 27.3 Å². The third-order valence-corrected chi connectivity index (χ3v) is 10.5. The molecule has 2 aliphatic heterocycles. The Morgan fingerprint density at radius 2 is 1.43 bits per heavy atom. The van der Waals surface area contributed by atoms with Gasteiger partial charge in [0, 0.05) is 60.2 Å². The zero-order valence-electron chi connectivity index (χ0n) is 28.6. The largest absolute Gasteiger partial charge is 0.480 e. The molecule has 12 heteroatoms. The molecule has 2 fully saturated rings. The van der Waals surface area contributed by atoms with E-state index in [-0.39, 0.29) is 11.9 Å². The first-order chi connectivity index (χ1) is 24.9. The second-order valence-electron chi connectivity index (χ2n) is 13.0. The Bertz CT molecular complexity index is 2030. The number of aromatic nitrogens is 5. The summed E-state index contributed by atoms with van der Waals surface area (Å²) in [5, 5.41) is 4.01. The van der Waals surface area contributed by atoms with Crippen LogP contribution >= 0.6 is 23.2 Å². The Labute approximate surface area is 307 Å². The van der Waals surface area contributed by atoms with Gasteiger partial charge in [0.1, 0.15) is 11.4 Å². The van der Waals surface area contributed by atoms with Gasteiger partial charge in [0.15, 0.2) is 0 Å². The van der Waals surface area contributed by atoms with Gasteiger partial charge in [0.2, 0.25) is 17.7 Å². The van der Waals surface area contributed by atoms with Gasteiger partial charge in [0.05, 0.1) is 48.0 Å². The molecule has 2 saturated heterocycles. The SMILES string of the molecule is COc1nc(-c2cccc(-c3cccc(-c4cnc(CN5CCC(c6ccncc6)C5)c(OC)n4)c3Cl)c2Cl)cnc1CCC[C@@H]1CCC(=O)N1. The van der Waals surface area contributed by atoms with Gasteiger partial charge in [-0.2, -0.15) is 0 Å². The highest BCUT2D eigenvalue weighted by atomic mass is 35.5. The smallest absolute Gasteiger partial charge is 0.237 e. The Balaban J connectivity index is 1.09. The summed E-state index contributed by atoms with van der Waals surface area (Å²) in [7, 11) is 3.21. The van der Waals surface area contributed by atoms with E-state index < -0.39 is 0 Å². The number of amides is 1. The van der Waals surface area contributed by atoms with Gasteiger partial charge < -0.3 is 14.8 Å². The van der Waals surface area contributed by atoms with E-state index in [0.29, 0.717) is 64.1 Å². The summed E-state index contributed by atoms with van der Waals surface area (Å²) in [6.45, 7) is 2.55. The van der Waals surface area contributed by atoms with Crippen molar-refractivity contribution in [3.63, 3.8) is 0 Å². The van der Waals surface area contributed by atoms with Crippen molar-refractivity contribution < 1.29 is 14.3 Å². The molecule has 1 unspecified atom stereocenters. The monoisotopic (exact) mass is 723 g/mol. The third kappa shape index (κ3) is 7.68. The molecule has 3 aromatic heterocycles. The lowest BCUT2D eigenvalue weighted by atomic mass is 9.98. The summed E-state index contributed by atoms with van der Waals surface area (Å²) in [4.78, 5) is 37.2. The number of carbonyl (C=O) groups is 1. The van der Waals surface area contributed by atoms with Crippen molar-refractivity contribution in [1.29, 1.82) is 0 Å². The number of benzene rings is 2. The molecule has 0 bridgehead atoms. The van der Waals surface area contributed by atoms with Gasteiger partial charge in [-0.05, 0) is 62.3 Å². The topological polar surface area (TPSA) is 115 Å². The van der Waals surface area contributed by atoms with Gasteiger partial charge in [-0.25, -0.2) is 9.97 Å². The third-order valence-electron chi connectivity index (χ3n) is 9.72. The fourth-order valence-corrected chi connectivity index (χ4v) is 7.69. The molecule has 5 aromatic rings. The molecule has 2 atom stereocenters. The van der Waals surface area contributed by atoms with E-state index >= 15 is 0 Å². The second-order valence-corrected chi connectivity index (χ2v) is 13.7. The zero-order valence-corrected chi connectivity index (χ0v) is 30.1. The standard InChI is InChI=1S/C39H39Cl2N7O3/c1-50-38-31(11-3-6-26-12-13-35(49)45-26)43-20-32(46-38)29-9-4-7-27(36(29)40)28-8-5-10-30(37(28)41)33-21-44-34(39(47-33)51-2)23-48-19-16-25(22-48)24-14-17-42-18-15-24/h4-5,7-10,14-15,17-18,20-21,25-26H,3,6,11-13,16,19,22-23H2,1-2H3,(H,45,49)/t25?,26-/m1/s1. The number of rotatable bonds is 12. The quantitative estimate of drug-likeness (QED) is 0.139. The average molecular weight is 725 g/mol. The molecule has 7 rings (SSSR count). The fourth-order valence-electron chi connectivity index (χ4n) is 7.04. The van der Waals surface area contributed by atoms with Crippen LogP contribution in [-0.2, 0) is 17.8 Å². The van der Waals surface area contributed by atoms with E-state index in [9.17, 15) is 4.79 Å². The molecule has 2 aliphatic rings. The molecule has 0 saturated carbocycles. The highest BCUT2D eigenvalue weighted by Crippen LogP contribution is 2.42. The number of ether oxygens (including phenoxy) is 2. The van der Waals surface area contributed by atoms with Crippen LogP contribution in [0.1, 0.15) is 55.0 Å². The second kappa shape index (κ2) is 15.7. The van der Waals surface area contributed by atoms with Gasteiger partial charge in [-0.1, -0.05) is 59.6 Å². The van der Waals surface area contributed by atoms with E-state index in [1.807, 2.05) is 48.8 Å². The normalized spacial score (nSPS) is 17.5. The summed E-state index contributed by atoms with van der Waals surface area (Å²) >= 11 is 14.2. The maximum absolute atomic E-state index is 11.5. The van der Waals surface area contributed by atoms with Crippen LogP contribution in [-0.4, -0.2) is 69.1 Å². The number of pyridine rings is 1. The predicted molar refractivity (Wildman–Crippen MR) is 198 cm³/mol. The molecule has 2 aromatic carbocycles. The number of aryl methyl sites for hydroxylation is 1. The first kappa shape index (κ1) is 34.8. The van der Waals surface area contributed by atoms with Gasteiger partial charge >= 0.3 is 0 Å². The Morgan fingerprint density at radius 3 is 2.04 bits per heavy atom. The van der Waals surface area contributed by atoms with Crippen molar-refractivity contribution in [2.45, 2.75) is 57.0 Å². The molecular weight excluding hydrogens is 685 g/mol. The lowest BCUT2D eigenvalue weighted by Crippen LogP contribution is -2.25. The number of nitrogens with zero attached hydrogens (tertiary/aromatic N) is 6. The number of hydrogen-bond acceptors (Lipinski definition) is 9. The van der Waals surface area contributed by atoms with Crippen LogP contribution in [0.2, 0.25) is 10.0 Å². The molecule has 51 heavy (non-hydrogen) atoms. The minimum atomic E-state index is 0.126. The highest BCUT2D eigenvalue weighted by Gasteiger charge is 2.26. The molecule has 1 N–H and O–H groups in total. The number of methoxy groups -OCH3 is 2. The van der Waals surface area contributed by atoms with E-state index in [1.54, 1.807) is 26.6 Å². The van der Waals surface area contributed by atoms with Crippen LogP contribution < -0.4 is 14.8 Å². The number of nitrogens with one attached hydrogen (secondary N) is 1. The van der Waals surface area contributed by atoms with Crippen LogP contribution in [0.5, 0.6) is 11.8 Å². The van der Waals surface area contributed by atoms with Crippen molar-refractivity contribution in [2.24, 2.45) is 0 Å². The maximum Gasteiger partial charge on any atom is 0.237 e. The number of carbonyl (C=O) groups excluding carboxylic acids is 1. The highest BCUT2D eigenvalue weighted by molar-refractivity contribution is 6.39. The number of hydrogen-bond donors (Lipinski definition) is 1. The van der Waals surface area contributed by atoms with Crippen molar-refractivity contribution >= 4 is 29.1 Å². The molecular formula is C39H39Cl2N7O3. The zero-order chi connectivity index (χ0) is 35.3. The maximum atomic E-state index is 11.5. The predicted octanol–water partition coefficient (Wildman–Crippen LogP) is 7.58. The van der Waals surface area contributed by atoms with Crippen LogP contribution in [0.3, 0.4) is 0 Å². The Morgan fingerprint density at radius 1 is 0.824 bits per heavy atom. The Hall–Kier alpha value is -4.64. The molecule has 10 nitrogen and oxygen atoms in total. The van der Waals surface area contributed by atoms with E-state index in [0.717, 1.165) is 66.9 Å². The summed E-state index contributed by atoms with van der Waals surface area (Å²) in [6.07, 6.45) is 12.2. The Kier molecular flexibility index (Phi) is 10.7. The van der Waals surface area contributed by atoms with E-state index in [1.165, 1.54) is 5.56 Å². The first-order valence-electron chi connectivity index (χ1n) is 17.2. The molecule has 0 radical (unpaired) electrons. The lowest BCUT2D eigenvalue weighted by molar-refractivity contribution is -0.119. The van der Waals surface area contributed by atoms with E-state index in [4.69, 9.17) is 52.6 Å². The average Bonchev–Trinajstić information content (AvgIpc) is 3.81. The summed E-state index contributed by atoms with van der Waals surface area (Å²) in [6, 6.07) is 16.0. The van der Waals surface area contributed by atoms with Crippen molar-refractivity contribution in [3.8, 4) is 45.4 Å². The fraction of sp³-hybridized carbons (Fsp3) is 0.333. The van der Waals surface area contributed by atoms with Crippen LogP contribution in [0, 0.1) is 0 Å². The van der Waals surface area contributed by atoms with Gasteiger partial charge in [-0.3, -0.25) is 24.6 Å². The minimum absolute atomic E-state index is 0.126. The lowest BCUT2D eigenvalue weighted by Gasteiger charge is -2.18. The number of likely N-dealkylation sites (tertiary alicyclic amines) is 1. The number of halogens is 2. The van der Waals surface area contributed by atoms with Crippen LogP contribution in [0.15, 0.2) is 73.3 Å². The van der Waals surface area contributed by atoms with Crippen molar-refractivity contribution in [2.75, 3.05) is 27.3 Å². The molecule has 262 valence electrons. The summed E-state index contributed by atoms with van der Waals surface area (Å²) in [5.41, 5.74) is 6.98. The van der Waals surface area contributed by atoms with Crippen LogP contribution in [0.25, 0.3) is 33.6 Å². The van der Waals surface area contributed by atoms with Crippen molar-refractivity contribution in [3.05, 3.63) is 100 Å². The minimum Gasteiger partial charge on any atom is -0.480 e. The van der Waals surface area contributed by atoms with Gasteiger partial charge in [-0.15, -0.1) is 0 Å². The first-order valence-corrected chi connectivity index (χ1v) is 18.0. The molecule has 5 heterocycles. The van der Waals surface area contributed by atoms with Crippen LogP contribution in [0.4, 0.5) is 0 Å². The molecule has 1 amide bonds. The summed E-state index contributed by atoms with van der Waals surface area (Å²) in [5.74, 6) is 1.53. The summed E-state index contributed by atoms with van der Waals surface area (Å²) < 4.78 is 11.4.